The van der Waals surface area contributed by atoms with Gasteiger partial charge in [-0.15, -0.1) is 0 Å². The predicted octanol–water partition coefficient (Wildman–Crippen LogP) is 3.72. The van der Waals surface area contributed by atoms with Crippen molar-refractivity contribution in [1.29, 1.82) is 0 Å². The number of allylic oxidation sites excluding steroid dienone is 1. The Kier molecular flexibility index (Phi) is 4.01. The van der Waals surface area contributed by atoms with Gasteiger partial charge in [0, 0.05) is 12.5 Å². The number of aliphatic hydroxyl groups is 1. The van der Waals surface area contributed by atoms with E-state index in [0.717, 1.165) is 5.56 Å². The monoisotopic (exact) mass is 293 g/mol. The lowest BCUT2D eigenvalue weighted by molar-refractivity contribution is 0.393. The van der Waals surface area contributed by atoms with Crippen LogP contribution in [0, 0.1) is 0 Å². The molecule has 110 valence electrons. The number of benzene rings is 2. The molecule has 3 aromatic rings. The van der Waals surface area contributed by atoms with Crippen molar-refractivity contribution in [3.63, 3.8) is 0 Å². The van der Waals surface area contributed by atoms with Crippen molar-refractivity contribution in [2.45, 2.75) is 12.8 Å². The van der Waals surface area contributed by atoms with E-state index < -0.39 is 5.63 Å². The van der Waals surface area contributed by atoms with E-state index in [1.54, 1.807) is 18.2 Å². The Bertz CT molecular complexity index is 866. The highest BCUT2D eigenvalue weighted by molar-refractivity contribution is 5.72. The Labute approximate surface area is 127 Å². The molecule has 0 bridgehead atoms. The summed E-state index contributed by atoms with van der Waals surface area (Å²) in [5.41, 5.74) is 1.72. The molecule has 0 aliphatic carbocycles. The highest BCUT2D eigenvalue weighted by Crippen LogP contribution is 2.12. The zero-order valence-corrected chi connectivity index (χ0v) is 11.9. The molecule has 0 aliphatic heterocycles. The normalized spacial score (nSPS) is 11.7. The van der Waals surface area contributed by atoms with Gasteiger partial charge in [-0.2, -0.15) is 0 Å². The summed E-state index contributed by atoms with van der Waals surface area (Å²) in [7, 11) is 0. The standard InChI is InChI=1S/C18H15NO3/c20-14(11-10-13-6-2-1-3-7-13)12-16-18(21)22-17-9-5-4-8-15(17)19-16/h1-9,12,20H,10-11H2/b14-12-. The Morgan fingerprint density at radius 1 is 1.09 bits per heavy atom. The molecule has 1 aromatic heterocycles. The molecule has 4 nitrogen and oxygen atoms in total. The molecule has 0 unspecified atom stereocenters. The van der Waals surface area contributed by atoms with Crippen LogP contribution >= 0.6 is 0 Å². The predicted molar refractivity (Wildman–Crippen MR) is 85.6 cm³/mol. The number of hydrogen-bond donors (Lipinski definition) is 1. The molecule has 4 heteroatoms. The molecule has 1 N–H and O–H groups in total. The average Bonchev–Trinajstić information content (AvgIpc) is 2.55. The van der Waals surface area contributed by atoms with Crippen molar-refractivity contribution < 1.29 is 9.52 Å². The van der Waals surface area contributed by atoms with Crippen LogP contribution < -0.4 is 5.63 Å². The zero-order chi connectivity index (χ0) is 15.4. The molecule has 0 atom stereocenters. The van der Waals surface area contributed by atoms with Gasteiger partial charge < -0.3 is 9.52 Å². The Balaban J connectivity index is 1.81. The lowest BCUT2D eigenvalue weighted by atomic mass is 10.1. The highest BCUT2D eigenvalue weighted by atomic mass is 16.4. The van der Waals surface area contributed by atoms with E-state index in [-0.39, 0.29) is 11.5 Å². The van der Waals surface area contributed by atoms with E-state index in [2.05, 4.69) is 4.98 Å². The molecular weight excluding hydrogens is 278 g/mol. The van der Waals surface area contributed by atoms with Gasteiger partial charge in [0.1, 0.15) is 5.52 Å². The fourth-order valence-electron chi connectivity index (χ4n) is 2.20. The summed E-state index contributed by atoms with van der Waals surface area (Å²) in [6, 6.07) is 16.9. The Morgan fingerprint density at radius 2 is 1.82 bits per heavy atom. The summed E-state index contributed by atoms with van der Waals surface area (Å²) in [5, 5.41) is 10.0. The molecule has 0 aliphatic rings. The van der Waals surface area contributed by atoms with Gasteiger partial charge in [0.2, 0.25) is 0 Å². The second-order valence-electron chi connectivity index (χ2n) is 4.98. The second-order valence-corrected chi connectivity index (χ2v) is 4.98. The average molecular weight is 293 g/mol. The minimum atomic E-state index is -0.551. The number of para-hydroxylation sites is 2. The van der Waals surface area contributed by atoms with Gasteiger partial charge in [0.05, 0.1) is 5.76 Å². The van der Waals surface area contributed by atoms with Gasteiger partial charge in [-0.05, 0) is 24.1 Å². The van der Waals surface area contributed by atoms with Crippen molar-refractivity contribution in [1.82, 2.24) is 4.98 Å². The summed E-state index contributed by atoms with van der Waals surface area (Å²) in [5.74, 6) is 0.110. The van der Waals surface area contributed by atoms with Crippen LogP contribution in [0.1, 0.15) is 17.7 Å². The fraction of sp³-hybridized carbons (Fsp3) is 0.111. The van der Waals surface area contributed by atoms with Gasteiger partial charge >= 0.3 is 5.63 Å². The van der Waals surface area contributed by atoms with Crippen LogP contribution in [0.4, 0.5) is 0 Å². The summed E-state index contributed by atoms with van der Waals surface area (Å²) < 4.78 is 5.18. The van der Waals surface area contributed by atoms with E-state index in [0.29, 0.717) is 23.9 Å². The lowest BCUT2D eigenvalue weighted by Crippen LogP contribution is -2.06. The maximum Gasteiger partial charge on any atom is 0.362 e. The van der Waals surface area contributed by atoms with Crippen LogP contribution in [0.5, 0.6) is 0 Å². The maximum absolute atomic E-state index is 11.9. The van der Waals surface area contributed by atoms with E-state index >= 15 is 0 Å². The van der Waals surface area contributed by atoms with Crippen molar-refractivity contribution in [3.8, 4) is 0 Å². The molecule has 22 heavy (non-hydrogen) atoms. The Morgan fingerprint density at radius 3 is 2.64 bits per heavy atom. The first-order chi connectivity index (χ1) is 10.7. The van der Waals surface area contributed by atoms with Gasteiger partial charge in [0.15, 0.2) is 11.3 Å². The molecule has 0 fully saturated rings. The smallest absolute Gasteiger partial charge is 0.362 e. The topological polar surface area (TPSA) is 63.3 Å². The van der Waals surface area contributed by atoms with Crippen LogP contribution in [0.25, 0.3) is 17.2 Å². The SMILES string of the molecule is O=c1oc2ccccc2nc1/C=C(\O)CCc1ccccc1. The van der Waals surface area contributed by atoms with Crippen molar-refractivity contribution in [2.24, 2.45) is 0 Å². The number of aryl methyl sites for hydroxylation is 1. The molecule has 0 saturated heterocycles. The number of nitrogens with zero attached hydrogens (tertiary/aromatic N) is 1. The van der Waals surface area contributed by atoms with E-state index in [4.69, 9.17) is 4.42 Å². The highest BCUT2D eigenvalue weighted by Gasteiger charge is 2.06. The van der Waals surface area contributed by atoms with E-state index in [1.807, 2.05) is 36.4 Å². The van der Waals surface area contributed by atoms with Crippen LogP contribution in [-0.2, 0) is 6.42 Å². The van der Waals surface area contributed by atoms with Gasteiger partial charge in [-0.3, -0.25) is 0 Å². The minimum absolute atomic E-state index is 0.110. The number of aromatic nitrogens is 1. The van der Waals surface area contributed by atoms with Crippen molar-refractivity contribution in [2.75, 3.05) is 0 Å². The zero-order valence-electron chi connectivity index (χ0n) is 11.9. The first-order valence-corrected chi connectivity index (χ1v) is 7.06. The van der Waals surface area contributed by atoms with Gasteiger partial charge in [0.25, 0.3) is 0 Å². The van der Waals surface area contributed by atoms with Crippen LogP contribution in [0.15, 0.2) is 69.6 Å². The quantitative estimate of drug-likeness (QED) is 0.745. The molecule has 0 saturated carbocycles. The number of rotatable bonds is 4. The van der Waals surface area contributed by atoms with Gasteiger partial charge in [-0.25, -0.2) is 9.78 Å². The molecule has 2 aromatic carbocycles. The molecule has 3 rings (SSSR count). The summed E-state index contributed by atoms with van der Waals surface area (Å²) >= 11 is 0. The lowest BCUT2D eigenvalue weighted by Gasteiger charge is -2.01. The van der Waals surface area contributed by atoms with Crippen LogP contribution in [-0.4, -0.2) is 10.1 Å². The third kappa shape index (κ3) is 3.23. The molecular formula is C18H15NO3. The number of hydrogen-bond acceptors (Lipinski definition) is 4. The summed E-state index contributed by atoms with van der Waals surface area (Å²) in [6.45, 7) is 0. The third-order valence-electron chi connectivity index (χ3n) is 3.33. The first kappa shape index (κ1) is 14.1. The molecule has 1 heterocycles. The fourth-order valence-corrected chi connectivity index (χ4v) is 2.20. The van der Waals surface area contributed by atoms with E-state index in [9.17, 15) is 9.90 Å². The third-order valence-corrected chi connectivity index (χ3v) is 3.33. The minimum Gasteiger partial charge on any atom is -0.512 e. The van der Waals surface area contributed by atoms with Crippen LogP contribution in [0.2, 0.25) is 0 Å². The second kappa shape index (κ2) is 6.26. The number of aliphatic hydroxyl groups excluding tert-OH is 1. The summed E-state index contributed by atoms with van der Waals surface area (Å²) in [6.07, 6.45) is 2.52. The van der Waals surface area contributed by atoms with Crippen molar-refractivity contribution in [3.05, 3.63) is 82.0 Å². The van der Waals surface area contributed by atoms with Crippen LogP contribution in [0.3, 0.4) is 0 Å². The maximum atomic E-state index is 11.9. The van der Waals surface area contributed by atoms with Gasteiger partial charge in [-0.1, -0.05) is 42.5 Å². The largest absolute Gasteiger partial charge is 0.512 e. The van der Waals surface area contributed by atoms with Crippen molar-refractivity contribution >= 4 is 17.2 Å². The van der Waals surface area contributed by atoms with E-state index in [1.165, 1.54) is 6.08 Å². The molecule has 0 spiro atoms. The molecule has 0 amide bonds. The first-order valence-electron chi connectivity index (χ1n) is 7.06. The molecule has 0 radical (unpaired) electrons. The Hall–Kier alpha value is -2.88. The summed E-state index contributed by atoms with van der Waals surface area (Å²) in [4.78, 5) is 16.1. The number of fused-ring (bicyclic) bond motifs is 1.